The van der Waals surface area contributed by atoms with Crippen LogP contribution in [0.15, 0.2) is 0 Å². The first-order valence-electron chi connectivity index (χ1n) is 7.04. The summed E-state index contributed by atoms with van der Waals surface area (Å²) in [5.74, 6) is 0. The molecule has 0 aliphatic heterocycles. The minimum absolute atomic E-state index is 0.0359. The molecule has 0 aromatic heterocycles. The lowest BCUT2D eigenvalue weighted by Crippen LogP contribution is -2.09. The second-order valence-corrected chi connectivity index (χ2v) is 4.43. The summed E-state index contributed by atoms with van der Waals surface area (Å²) in [6.45, 7) is 4.00. The summed E-state index contributed by atoms with van der Waals surface area (Å²) in [6.07, 6.45) is 11.8. The van der Waals surface area contributed by atoms with Crippen molar-refractivity contribution in [3.63, 3.8) is 0 Å². The summed E-state index contributed by atoms with van der Waals surface area (Å²) in [4.78, 5) is 0. The molecule has 2 aliphatic carbocycles. The summed E-state index contributed by atoms with van der Waals surface area (Å²) in [5.41, 5.74) is 0. The van der Waals surface area contributed by atoms with Crippen molar-refractivity contribution >= 4 is 0 Å². The van der Waals surface area contributed by atoms with Crippen LogP contribution in [0.3, 0.4) is 0 Å². The molecule has 2 fully saturated rings. The highest BCUT2D eigenvalue weighted by atomic mass is 16.5. The molecular formula is C14H30O2. The molecule has 0 aromatic rings. The second kappa shape index (κ2) is 11.4. The molecule has 98 valence electrons. The van der Waals surface area contributed by atoms with E-state index in [1.54, 1.807) is 7.11 Å². The third kappa shape index (κ3) is 8.12. The fourth-order valence-electron chi connectivity index (χ4n) is 2.21. The standard InChI is InChI=1S/2C6H12O.C2H6/c1-7-6-4-2-3-5-6;7-6-4-2-1-3-5-6;1-2/h6H,2-5H2,1H3;6-7H,1-5H2;1-2H3. The van der Waals surface area contributed by atoms with E-state index in [1.807, 2.05) is 13.8 Å². The number of ether oxygens (including phenoxy) is 1. The molecule has 0 spiro atoms. The maximum absolute atomic E-state index is 8.91. The zero-order chi connectivity index (χ0) is 12.2. The van der Waals surface area contributed by atoms with Crippen LogP contribution in [0.5, 0.6) is 0 Å². The fraction of sp³-hybridized carbons (Fsp3) is 1.00. The highest BCUT2D eigenvalue weighted by molar-refractivity contribution is 4.65. The van der Waals surface area contributed by atoms with Crippen molar-refractivity contribution in [3.8, 4) is 0 Å². The van der Waals surface area contributed by atoms with Gasteiger partial charge in [0.15, 0.2) is 0 Å². The van der Waals surface area contributed by atoms with Gasteiger partial charge in [0.25, 0.3) is 0 Å². The van der Waals surface area contributed by atoms with Crippen LogP contribution in [-0.4, -0.2) is 24.4 Å². The predicted octanol–water partition coefficient (Wildman–Crippen LogP) is 3.91. The maximum Gasteiger partial charge on any atom is 0.0571 e. The van der Waals surface area contributed by atoms with Crippen LogP contribution in [0.1, 0.15) is 71.6 Å². The van der Waals surface area contributed by atoms with Crippen molar-refractivity contribution in [2.24, 2.45) is 0 Å². The van der Waals surface area contributed by atoms with Crippen LogP contribution in [0.4, 0.5) is 0 Å². The third-order valence-electron chi connectivity index (χ3n) is 3.21. The Hall–Kier alpha value is -0.0800. The van der Waals surface area contributed by atoms with E-state index in [4.69, 9.17) is 9.84 Å². The van der Waals surface area contributed by atoms with E-state index in [0.29, 0.717) is 6.10 Å². The van der Waals surface area contributed by atoms with Crippen molar-refractivity contribution in [2.45, 2.75) is 83.8 Å². The lowest BCUT2D eigenvalue weighted by Gasteiger charge is -2.14. The van der Waals surface area contributed by atoms with E-state index < -0.39 is 0 Å². The van der Waals surface area contributed by atoms with Gasteiger partial charge in [0.2, 0.25) is 0 Å². The Balaban J connectivity index is 0.000000244. The van der Waals surface area contributed by atoms with Crippen molar-refractivity contribution in [1.29, 1.82) is 0 Å². The zero-order valence-corrected chi connectivity index (χ0v) is 11.4. The second-order valence-electron chi connectivity index (χ2n) is 4.43. The molecule has 0 heterocycles. The minimum atomic E-state index is 0.0359. The highest BCUT2D eigenvalue weighted by Gasteiger charge is 2.12. The fourth-order valence-corrected chi connectivity index (χ4v) is 2.21. The van der Waals surface area contributed by atoms with Gasteiger partial charge in [-0.3, -0.25) is 0 Å². The minimum Gasteiger partial charge on any atom is -0.393 e. The largest absolute Gasteiger partial charge is 0.393 e. The quantitative estimate of drug-likeness (QED) is 0.740. The van der Waals surface area contributed by atoms with Crippen LogP contribution >= 0.6 is 0 Å². The summed E-state index contributed by atoms with van der Waals surface area (Å²) in [6, 6.07) is 0. The average molecular weight is 230 g/mol. The molecule has 2 aliphatic rings. The Morgan fingerprint density at radius 1 is 0.812 bits per heavy atom. The lowest BCUT2D eigenvalue weighted by atomic mass is 9.98. The molecule has 0 radical (unpaired) electrons. The van der Waals surface area contributed by atoms with E-state index in [9.17, 15) is 0 Å². The Labute approximate surface area is 101 Å². The maximum atomic E-state index is 8.91. The number of aliphatic hydroxyl groups is 1. The summed E-state index contributed by atoms with van der Waals surface area (Å²) in [5, 5.41) is 8.91. The van der Waals surface area contributed by atoms with E-state index in [1.165, 1.54) is 44.9 Å². The predicted molar refractivity (Wildman–Crippen MR) is 69.7 cm³/mol. The molecular weight excluding hydrogens is 200 g/mol. The Morgan fingerprint density at radius 2 is 1.25 bits per heavy atom. The van der Waals surface area contributed by atoms with Gasteiger partial charge in [-0.25, -0.2) is 0 Å². The van der Waals surface area contributed by atoms with Crippen molar-refractivity contribution in [3.05, 3.63) is 0 Å². The molecule has 0 saturated heterocycles. The molecule has 0 amide bonds. The number of aliphatic hydroxyl groups excluding tert-OH is 1. The molecule has 0 unspecified atom stereocenters. The molecule has 2 heteroatoms. The van der Waals surface area contributed by atoms with Gasteiger partial charge in [0.05, 0.1) is 12.2 Å². The van der Waals surface area contributed by atoms with Crippen LogP contribution in [0.2, 0.25) is 0 Å². The first-order valence-corrected chi connectivity index (χ1v) is 7.04. The van der Waals surface area contributed by atoms with Crippen LogP contribution in [-0.2, 0) is 4.74 Å². The summed E-state index contributed by atoms with van der Waals surface area (Å²) < 4.78 is 5.11. The Kier molecular flexibility index (Phi) is 11.3. The van der Waals surface area contributed by atoms with Crippen molar-refractivity contribution in [1.82, 2.24) is 0 Å². The Morgan fingerprint density at radius 3 is 1.50 bits per heavy atom. The summed E-state index contributed by atoms with van der Waals surface area (Å²) in [7, 11) is 1.80. The number of rotatable bonds is 1. The van der Waals surface area contributed by atoms with Gasteiger partial charge in [-0.15, -0.1) is 0 Å². The molecule has 0 bridgehead atoms. The number of hydrogen-bond donors (Lipinski definition) is 1. The zero-order valence-electron chi connectivity index (χ0n) is 11.4. The van der Waals surface area contributed by atoms with Gasteiger partial charge >= 0.3 is 0 Å². The lowest BCUT2D eigenvalue weighted by molar-refractivity contribution is 0.109. The first-order chi connectivity index (χ1) is 7.83. The van der Waals surface area contributed by atoms with Crippen molar-refractivity contribution < 1.29 is 9.84 Å². The number of methoxy groups -OCH3 is 1. The van der Waals surface area contributed by atoms with E-state index in [-0.39, 0.29) is 6.10 Å². The third-order valence-corrected chi connectivity index (χ3v) is 3.21. The monoisotopic (exact) mass is 230 g/mol. The number of hydrogen-bond acceptors (Lipinski definition) is 2. The van der Waals surface area contributed by atoms with Gasteiger partial charge in [-0.2, -0.15) is 0 Å². The summed E-state index contributed by atoms with van der Waals surface area (Å²) >= 11 is 0. The molecule has 1 N–H and O–H groups in total. The topological polar surface area (TPSA) is 29.5 Å². The van der Waals surface area contributed by atoms with E-state index in [0.717, 1.165) is 12.8 Å². The van der Waals surface area contributed by atoms with Gasteiger partial charge in [-0.1, -0.05) is 46.0 Å². The van der Waals surface area contributed by atoms with Crippen molar-refractivity contribution in [2.75, 3.05) is 7.11 Å². The van der Waals surface area contributed by atoms with Gasteiger partial charge in [0, 0.05) is 7.11 Å². The average Bonchev–Trinajstić information content (AvgIpc) is 2.86. The van der Waals surface area contributed by atoms with Crippen LogP contribution in [0, 0.1) is 0 Å². The molecule has 2 nitrogen and oxygen atoms in total. The van der Waals surface area contributed by atoms with Gasteiger partial charge in [0.1, 0.15) is 0 Å². The van der Waals surface area contributed by atoms with Crippen LogP contribution in [0.25, 0.3) is 0 Å². The SMILES string of the molecule is CC.COC1CCCC1.OC1CCCCC1. The van der Waals surface area contributed by atoms with Gasteiger partial charge in [-0.05, 0) is 25.7 Å². The smallest absolute Gasteiger partial charge is 0.0571 e. The molecule has 0 aromatic carbocycles. The van der Waals surface area contributed by atoms with Crippen LogP contribution < -0.4 is 0 Å². The molecule has 2 rings (SSSR count). The normalized spacial score (nSPS) is 21.8. The molecule has 16 heavy (non-hydrogen) atoms. The van der Waals surface area contributed by atoms with E-state index >= 15 is 0 Å². The Bertz CT molecular complexity index is 125. The highest BCUT2D eigenvalue weighted by Crippen LogP contribution is 2.19. The van der Waals surface area contributed by atoms with Gasteiger partial charge < -0.3 is 9.84 Å². The first kappa shape index (κ1) is 15.9. The molecule has 2 saturated carbocycles. The van der Waals surface area contributed by atoms with E-state index in [2.05, 4.69) is 0 Å². The molecule has 0 atom stereocenters.